The highest BCUT2D eigenvalue weighted by Crippen LogP contribution is 2.30. The first-order chi connectivity index (χ1) is 9.66. The molecule has 0 atom stereocenters. The molecule has 0 heterocycles. The molecule has 0 aliphatic rings. The van der Waals surface area contributed by atoms with Gasteiger partial charge in [0, 0.05) is 16.6 Å². The number of nitrogens with one attached hydrogen (secondary N) is 1. The van der Waals surface area contributed by atoms with Gasteiger partial charge in [-0.2, -0.15) is 0 Å². The molecule has 0 saturated carbocycles. The third-order valence-electron chi connectivity index (χ3n) is 3.42. The Bertz CT molecular complexity index is 833. The SMILES string of the molecule is C=C(C)C(=O)Nc1cccc2c1ccc1ccccc12. The summed E-state index contributed by atoms with van der Waals surface area (Å²) in [6.07, 6.45) is 0. The highest BCUT2D eigenvalue weighted by molar-refractivity contribution is 6.14. The third kappa shape index (κ3) is 2.05. The summed E-state index contributed by atoms with van der Waals surface area (Å²) in [5.41, 5.74) is 1.32. The van der Waals surface area contributed by atoms with Crippen molar-refractivity contribution in [1.29, 1.82) is 0 Å². The zero-order valence-corrected chi connectivity index (χ0v) is 11.3. The van der Waals surface area contributed by atoms with E-state index in [-0.39, 0.29) is 5.91 Å². The van der Waals surface area contributed by atoms with Gasteiger partial charge >= 0.3 is 0 Å². The number of carbonyl (C=O) groups is 1. The number of anilines is 1. The molecule has 0 aliphatic heterocycles. The van der Waals surface area contributed by atoms with Gasteiger partial charge in [0.15, 0.2) is 0 Å². The molecule has 3 aromatic rings. The van der Waals surface area contributed by atoms with Gasteiger partial charge in [-0.25, -0.2) is 0 Å². The molecule has 98 valence electrons. The molecule has 0 fully saturated rings. The van der Waals surface area contributed by atoms with Gasteiger partial charge in [-0.05, 0) is 29.1 Å². The number of amides is 1. The molecule has 20 heavy (non-hydrogen) atoms. The maximum absolute atomic E-state index is 11.8. The molecule has 3 aromatic carbocycles. The van der Waals surface area contributed by atoms with Crippen molar-refractivity contribution < 1.29 is 4.79 Å². The van der Waals surface area contributed by atoms with Crippen LogP contribution in [0.5, 0.6) is 0 Å². The lowest BCUT2D eigenvalue weighted by Gasteiger charge is -2.10. The van der Waals surface area contributed by atoms with Crippen LogP contribution < -0.4 is 5.32 Å². The predicted octanol–water partition coefficient (Wildman–Crippen LogP) is 4.51. The monoisotopic (exact) mass is 261 g/mol. The lowest BCUT2D eigenvalue weighted by molar-refractivity contribution is -0.112. The van der Waals surface area contributed by atoms with Crippen molar-refractivity contribution >= 4 is 33.1 Å². The standard InChI is InChI=1S/C18H15NO/c1-12(2)18(20)19-17-9-5-8-15-14-7-4-3-6-13(14)10-11-16(15)17/h3-11H,1H2,2H3,(H,19,20). The number of hydrogen-bond acceptors (Lipinski definition) is 1. The summed E-state index contributed by atoms with van der Waals surface area (Å²) >= 11 is 0. The average Bonchev–Trinajstić information content (AvgIpc) is 2.47. The van der Waals surface area contributed by atoms with Crippen LogP contribution in [0.3, 0.4) is 0 Å². The highest BCUT2D eigenvalue weighted by atomic mass is 16.1. The van der Waals surface area contributed by atoms with E-state index < -0.39 is 0 Å². The van der Waals surface area contributed by atoms with Crippen LogP contribution in [-0.2, 0) is 4.79 Å². The summed E-state index contributed by atoms with van der Waals surface area (Å²) in [6, 6.07) is 18.3. The number of rotatable bonds is 2. The van der Waals surface area contributed by atoms with Crippen molar-refractivity contribution in [3.8, 4) is 0 Å². The molecular formula is C18H15NO. The Hall–Kier alpha value is -2.61. The van der Waals surface area contributed by atoms with Gasteiger partial charge in [-0.3, -0.25) is 4.79 Å². The van der Waals surface area contributed by atoms with Crippen LogP contribution in [0, 0.1) is 0 Å². The Balaban J connectivity index is 2.22. The summed E-state index contributed by atoms with van der Waals surface area (Å²) in [5.74, 6) is -0.148. The Morgan fingerprint density at radius 3 is 2.45 bits per heavy atom. The van der Waals surface area contributed by atoms with E-state index in [2.05, 4.69) is 36.2 Å². The summed E-state index contributed by atoms with van der Waals surface area (Å²) in [6.45, 7) is 5.37. The first-order valence-electron chi connectivity index (χ1n) is 6.54. The molecule has 0 aromatic heterocycles. The van der Waals surface area contributed by atoms with Gasteiger partial charge in [0.05, 0.1) is 0 Å². The minimum absolute atomic E-state index is 0.148. The van der Waals surface area contributed by atoms with Crippen molar-refractivity contribution in [3.05, 3.63) is 66.7 Å². The third-order valence-corrected chi connectivity index (χ3v) is 3.42. The zero-order chi connectivity index (χ0) is 14.1. The fourth-order valence-electron chi connectivity index (χ4n) is 2.38. The van der Waals surface area contributed by atoms with Crippen LogP contribution in [0.4, 0.5) is 5.69 Å². The molecule has 1 N–H and O–H groups in total. The van der Waals surface area contributed by atoms with Crippen molar-refractivity contribution in [1.82, 2.24) is 0 Å². The molecule has 1 amide bonds. The van der Waals surface area contributed by atoms with Crippen LogP contribution >= 0.6 is 0 Å². The molecule has 0 bridgehead atoms. The first-order valence-corrected chi connectivity index (χ1v) is 6.54. The van der Waals surface area contributed by atoms with Crippen molar-refractivity contribution in [2.24, 2.45) is 0 Å². The van der Waals surface area contributed by atoms with E-state index in [1.165, 1.54) is 10.8 Å². The highest BCUT2D eigenvalue weighted by Gasteiger charge is 2.07. The molecule has 2 heteroatoms. The summed E-state index contributed by atoms with van der Waals surface area (Å²) in [5, 5.41) is 7.48. The molecule has 0 aliphatic carbocycles. The van der Waals surface area contributed by atoms with E-state index in [1.807, 2.05) is 30.3 Å². The number of fused-ring (bicyclic) bond motifs is 3. The van der Waals surface area contributed by atoms with Gasteiger partial charge in [0.1, 0.15) is 0 Å². The Morgan fingerprint density at radius 2 is 1.65 bits per heavy atom. The summed E-state index contributed by atoms with van der Waals surface area (Å²) in [7, 11) is 0. The second-order valence-corrected chi connectivity index (χ2v) is 4.92. The number of hydrogen-bond donors (Lipinski definition) is 1. The molecular weight excluding hydrogens is 246 g/mol. The second kappa shape index (κ2) is 4.82. The fraction of sp³-hybridized carbons (Fsp3) is 0.0556. The van der Waals surface area contributed by atoms with Crippen LogP contribution in [-0.4, -0.2) is 5.91 Å². The summed E-state index contributed by atoms with van der Waals surface area (Å²) < 4.78 is 0. The summed E-state index contributed by atoms with van der Waals surface area (Å²) in [4.78, 5) is 11.8. The molecule has 3 rings (SSSR count). The van der Waals surface area contributed by atoms with Crippen LogP contribution in [0.15, 0.2) is 66.7 Å². The second-order valence-electron chi connectivity index (χ2n) is 4.92. The molecule has 0 unspecified atom stereocenters. The van der Waals surface area contributed by atoms with E-state index in [0.717, 1.165) is 16.5 Å². The normalized spacial score (nSPS) is 10.7. The predicted molar refractivity (Wildman–Crippen MR) is 84.9 cm³/mol. The minimum Gasteiger partial charge on any atom is -0.322 e. The molecule has 0 radical (unpaired) electrons. The van der Waals surface area contributed by atoms with E-state index in [0.29, 0.717) is 5.57 Å². The maximum Gasteiger partial charge on any atom is 0.250 e. The Labute approximate surface area is 117 Å². The minimum atomic E-state index is -0.148. The zero-order valence-electron chi connectivity index (χ0n) is 11.3. The number of carbonyl (C=O) groups excluding carboxylic acids is 1. The topological polar surface area (TPSA) is 29.1 Å². The Morgan fingerprint density at radius 1 is 0.900 bits per heavy atom. The number of benzene rings is 3. The van der Waals surface area contributed by atoms with Crippen molar-refractivity contribution in [3.63, 3.8) is 0 Å². The van der Waals surface area contributed by atoms with Gasteiger partial charge in [-0.1, -0.05) is 55.1 Å². The fourth-order valence-corrected chi connectivity index (χ4v) is 2.38. The van der Waals surface area contributed by atoms with Crippen LogP contribution in [0.25, 0.3) is 21.5 Å². The van der Waals surface area contributed by atoms with Crippen molar-refractivity contribution in [2.45, 2.75) is 6.92 Å². The van der Waals surface area contributed by atoms with E-state index in [9.17, 15) is 4.79 Å². The maximum atomic E-state index is 11.8. The molecule has 0 saturated heterocycles. The lowest BCUT2D eigenvalue weighted by atomic mass is 10.0. The quantitative estimate of drug-likeness (QED) is 0.534. The van der Waals surface area contributed by atoms with Gasteiger partial charge < -0.3 is 5.32 Å². The van der Waals surface area contributed by atoms with Gasteiger partial charge in [-0.15, -0.1) is 0 Å². The largest absolute Gasteiger partial charge is 0.322 e. The van der Waals surface area contributed by atoms with E-state index in [1.54, 1.807) is 6.92 Å². The van der Waals surface area contributed by atoms with Crippen LogP contribution in [0.2, 0.25) is 0 Å². The smallest absolute Gasteiger partial charge is 0.250 e. The van der Waals surface area contributed by atoms with E-state index in [4.69, 9.17) is 0 Å². The molecule has 0 spiro atoms. The molecule has 2 nitrogen and oxygen atoms in total. The lowest BCUT2D eigenvalue weighted by Crippen LogP contribution is -2.11. The van der Waals surface area contributed by atoms with Gasteiger partial charge in [0.25, 0.3) is 5.91 Å². The Kier molecular flexibility index (Phi) is 2.99. The van der Waals surface area contributed by atoms with Crippen molar-refractivity contribution in [2.75, 3.05) is 5.32 Å². The van der Waals surface area contributed by atoms with Gasteiger partial charge in [0.2, 0.25) is 0 Å². The van der Waals surface area contributed by atoms with Crippen LogP contribution in [0.1, 0.15) is 6.92 Å². The van der Waals surface area contributed by atoms with E-state index >= 15 is 0 Å². The first kappa shape index (κ1) is 12.4. The average molecular weight is 261 g/mol.